The zero-order valence-corrected chi connectivity index (χ0v) is 5.84. The quantitative estimate of drug-likeness (QED) is 0.292. The summed E-state index contributed by atoms with van der Waals surface area (Å²) in [6.07, 6.45) is 1.35. The fourth-order valence-corrected chi connectivity index (χ4v) is 0.422. The molecule has 5 nitrogen and oxygen atoms in total. The first-order valence-corrected chi connectivity index (χ1v) is 2.76. The Morgan fingerprint density at radius 3 is 2.80 bits per heavy atom. The van der Waals surface area contributed by atoms with Crippen molar-refractivity contribution in [2.75, 3.05) is 6.54 Å². The molecular formula is C4H6ClN3O2. The Hall–Kier alpha value is -1.10. The van der Waals surface area contributed by atoms with Crippen LogP contribution < -0.4 is 4.84 Å². The molecule has 0 aromatic rings. The zero-order chi connectivity index (χ0) is 7.98. The Morgan fingerprint density at radius 2 is 2.50 bits per heavy atom. The van der Waals surface area contributed by atoms with Crippen molar-refractivity contribution in [2.24, 2.45) is 5.29 Å². The molecule has 0 spiro atoms. The monoisotopic (exact) mass is 163 g/mol. The average molecular weight is 164 g/mol. The molecule has 0 saturated carbocycles. The molecule has 0 unspecified atom stereocenters. The normalized spacial score (nSPS) is 8.10. The van der Waals surface area contributed by atoms with Gasteiger partial charge in [-0.2, -0.15) is 5.01 Å². The van der Waals surface area contributed by atoms with Crippen molar-refractivity contribution in [3.63, 3.8) is 0 Å². The number of amides is 2. The minimum absolute atomic E-state index is 0.0437. The highest BCUT2D eigenvalue weighted by atomic mass is 35.5. The van der Waals surface area contributed by atoms with Gasteiger partial charge in [0.25, 0.3) is 0 Å². The van der Waals surface area contributed by atoms with Gasteiger partial charge in [0.1, 0.15) is 0 Å². The van der Waals surface area contributed by atoms with Crippen LogP contribution in [0.15, 0.2) is 17.9 Å². The molecular weight excluding hydrogens is 158 g/mol. The van der Waals surface area contributed by atoms with Crippen molar-refractivity contribution in [1.82, 2.24) is 9.84 Å². The van der Waals surface area contributed by atoms with Crippen LogP contribution in [0, 0.1) is 4.91 Å². The van der Waals surface area contributed by atoms with Gasteiger partial charge in [-0.3, -0.25) is 0 Å². The first-order valence-electron chi connectivity index (χ1n) is 2.38. The maximum absolute atomic E-state index is 10.5. The minimum atomic E-state index is -0.767. The van der Waals surface area contributed by atoms with Crippen LogP contribution in [0.1, 0.15) is 0 Å². The number of hydrogen-bond donors (Lipinski definition) is 1. The zero-order valence-electron chi connectivity index (χ0n) is 5.08. The lowest BCUT2D eigenvalue weighted by Crippen LogP contribution is -2.31. The molecule has 0 aliphatic heterocycles. The number of rotatable bonds is 3. The lowest BCUT2D eigenvalue weighted by atomic mass is 10.6. The van der Waals surface area contributed by atoms with Crippen LogP contribution in [0.25, 0.3) is 0 Å². The fraction of sp³-hybridized carbons (Fsp3) is 0.250. The number of nitrogens with one attached hydrogen (secondary N) is 1. The molecule has 2 amide bonds. The molecule has 0 fully saturated rings. The van der Waals surface area contributed by atoms with E-state index >= 15 is 0 Å². The summed E-state index contributed by atoms with van der Waals surface area (Å²) in [5.74, 6) is 0. The van der Waals surface area contributed by atoms with Gasteiger partial charge in [-0.25, -0.2) is 9.63 Å². The van der Waals surface area contributed by atoms with Crippen molar-refractivity contribution < 1.29 is 4.79 Å². The average Bonchev–Trinajstić information content (AvgIpc) is 1.99. The molecule has 0 saturated heterocycles. The van der Waals surface area contributed by atoms with Crippen molar-refractivity contribution in [3.8, 4) is 0 Å². The number of halogens is 1. The number of carbonyl (C=O) groups is 1. The molecule has 10 heavy (non-hydrogen) atoms. The Labute approximate surface area is 62.7 Å². The van der Waals surface area contributed by atoms with Gasteiger partial charge < -0.3 is 0 Å². The molecule has 0 atom stereocenters. The third-order valence-electron chi connectivity index (χ3n) is 0.716. The van der Waals surface area contributed by atoms with E-state index in [0.29, 0.717) is 5.01 Å². The highest BCUT2D eigenvalue weighted by Gasteiger charge is 2.09. The predicted octanol–water partition coefficient (Wildman–Crippen LogP) is 1.02. The van der Waals surface area contributed by atoms with Gasteiger partial charge in [0.05, 0.1) is 11.8 Å². The summed E-state index contributed by atoms with van der Waals surface area (Å²) in [7, 11) is 0. The molecule has 0 rings (SSSR count). The Balaban J connectivity index is 3.91. The summed E-state index contributed by atoms with van der Waals surface area (Å²) in [6.45, 7) is 3.35. The van der Waals surface area contributed by atoms with Crippen molar-refractivity contribution in [1.29, 1.82) is 0 Å². The maximum Gasteiger partial charge on any atom is 0.355 e. The number of hydrogen-bond acceptors (Lipinski definition) is 3. The van der Waals surface area contributed by atoms with E-state index < -0.39 is 6.03 Å². The van der Waals surface area contributed by atoms with Crippen molar-refractivity contribution in [2.45, 2.75) is 0 Å². The Morgan fingerprint density at radius 1 is 1.90 bits per heavy atom. The summed E-state index contributed by atoms with van der Waals surface area (Å²) in [5, 5.41) is 2.96. The van der Waals surface area contributed by atoms with Gasteiger partial charge in [-0.05, 0) is 0 Å². The molecule has 0 aliphatic carbocycles. The second-order valence-electron chi connectivity index (χ2n) is 1.35. The van der Waals surface area contributed by atoms with Crippen LogP contribution >= 0.6 is 11.8 Å². The maximum atomic E-state index is 10.5. The van der Waals surface area contributed by atoms with Crippen LogP contribution in [0.4, 0.5) is 4.79 Å². The van der Waals surface area contributed by atoms with Gasteiger partial charge >= 0.3 is 6.03 Å². The number of carbonyl (C=O) groups excluding carboxylic acids is 1. The fourth-order valence-electron chi connectivity index (χ4n) is 0.324. The van der Waals surface area contributed by atoms with Crippen LogP contribution in [0.3, 0.4) is 0 Å². The largest absolute Gasteiger partial charge is 0.355 e. The third kappa shape index (κ3) is 2.45. The van der Waals surface area contributed by atoms with Crippen LogP contribution in [-0.2, 0) is 0 Å². The van der Waals surface area contributed by atoms with Crippen molar-refractivity contribution >= 4 is 17.8 Å². The van der Waals surface area contributed by atoms with E-state index in [4.69, 9.17) is 11.8 Å². The molecule has 0 aliphatic rings. The number of urea groups is 1. The second kappa shape index (κ2) is 4.75. The molecule has 0 aromatic carbocycles. The highest BCUT2D eigenvalue weighted by Crippen LogP contribution is 1.90. The SMILES string of the molecule is C=CCN(N=O)C(=O)NCl. The Kier molecular flexibility index (Phi) is 4.23. The van der Waals surface area contributed by atoms with Gasteiger partial charge in [-0.1, -0.05) is 6.08 Å². The lowest BCUT2D eigenvalue weighted by Gasteiger charge is -2.06. The second-order valence-corrected chi connectivity index (χ2v) is 1.54. The summed E-state index contributed by atoms with van der Waals surface area (Å²) >= 11 is 4.89. The van der Waals surface area contributed by atoms with E-state index in [1.165, 1.54) is 6.08 Å². The predicted molar refractivity (Wildman–Crippen MR) is 37.1 cm³/mol. The molecule has 0 aromatic heterocycles. The van der Waals surface area contributed by atoms with Gasteiger partial charge in [-0.15, -0.1) is 11.5 Å². The van der Waals surface area contributed by atoms with Crippen LogP contribution in [0.5, 0.6) is 0 Å². The molecule has 0 bridgehead atoms. The van der Waals surface area contributed by atoms with Gasteiger partial charge in [0.2, 0.25) is 0 Å². The van der Waals surface area contributed by atoms with Gasteiger partial charge in [0.15, 0.2) is 0 Å². The topological polar surface area (TPSA) is 61.8 Å². The van der Waals surface area contributed by atoms with Crippen LogP contribution in [0.2, 0.25) is 0 Å². The molecule has 56 valence electrons. The number of nitrogens with zero attached hydrogens (tertiary/aromatic N) is 2. The first kappa shape index (κ1) is 8.90. The Bertz CT molecular complexity index is 149. The lowest BCUT2D eigenvalue weighted by molar-refractivity contribution is 0.211. The van der Waals surface area contributed by atoms with Crippen LogP contribution in [-0.4, -0.2) is 17.6 Å². The summed E-state index contributed by atoms with van der Waals surface area (Å²) in [5.41, 5.74) is 0. The van der Waals surface area contributed by atoms with Crippen molar-refractivity contribution in [3.05, 3.63) is 17.6 Å². The number of nitroso groups, excluding NO2 is 1. The van der Waals surface area contributed by atoms with E-state index in [2.05, 4.69) is 11.9 Å². The van der Waals surface area contributed by atoms with E-state index in [1.54, 1.807) is 4.84 Å². The first-order chi connectivity index (χ1) is 4.76. The van der Waals surface area contributed by atoms with E-state index in [1.807, 2.05) is 0 Å². The summed E-state index contributed by atoms with van der Waals surface area (Å²) in [6, 6.07) is -0.767. The van der Waals surface area contributed by atoms with E-state index in [-0.39, 0.29) is 6.54 Å². The molecule has 6 heteroatoms. The summed E-state index contributed by atoms with van der Waals surface area (Å²) < 4.78 is 0. The minimum Gasteiger partial charge on any atom is -0.248 e. The highest BCUT2D eigenvalue weighted by molar-refractivity contribution is 6.21. The summed E-state index contributed by atoms with van der Waals surface area (Å²) in [4.78, 5) is 22.0. The molecule has 0 heterocycles. The van der Waals surface area contributed by atoms with E-state index in [9.17, 15) is 9.70 Å². The molecule has 0 radical (unpaired) electrons. The molecule has 1 N–H and O–H groups in total. The standard InChI is InChI=1S/C4H6ClN3O2/c1-2-3-8(7-10)4(9)6-5/h2H,1,3H2,(H,6,9). The smallest absolute Gasteiger partial charge is 0.248 e. The van der Waals surface area contributed by atoms with Gasteiger partial charge in [0, 0.05) is 11.8 Å². The van der Waals surface area contributed by atoms with E-state index in [0.717, 1.165) is 0 Å². The third-order valence-corrected chi connectivity index (χ3v) is 0.878.